The molecule has 0 fully saturated rings. The van der Waals surface area contributed by atoms with Crippen LogP contribution >= 0.6 is 24.0 Å². The highest BCUT2D eigenvalue weighted by molar-refractivity contribution is 7.81. The van der Waals surface area contributed by atoms with Gasteiger partial charge in [0.15, 0.2) is 0 Å². The number of carbonyl (C=O) groups excluding carboxylic acids is 1. The maximum absolute atomic E-state index is 11.5. The smallest absolute Gasteiger partial charge is 0.238 e. The average Bonchev–Trinajstić information content (AvgIpc) is 2.69. The molecule has 0 aliphatic carbocycles. The van der Waals surface area contributed by atoms with E-state index in [1.54, 1.807) is 11.3 Å². The van der Waals surface area contributed by atoms with E-state index in [2.05, 4.69) is 24.9 Å². The van der Waals surface area contributed by atoms with E-state index in [1.807, 2.05) is 17.5 Å². The molecule has 1 unspecified atom stereocenters. The molecule has 1 rings (SSSR count). The SMILES string of the molecule is CCCCNC(=O)C(S)c1cccs1. The summed E-state index contributed by atoms with van der Waals surface area (Å²) in [4.78, 5) is 12.5. The molecule has 1 aromatic rings. The lowest BCUT2D eigenvalue weighted by atomic mass is 10.3. The zero-order valence-electron chi connectivity index (χ0n) is 8.19. The van der Waals surface area contributed by atoms with Crippen molar-refractivity contribution in [3.05, 3.63) is 22.4 Å². The Morgan fingerprint density at radius 3 is 3.07 bits per heavy atom. The molecular formula is C10H15NOS2. The predicted molar refractivity (Wildman–Crippen MR) is 64.0 cm³/mol. The molecule has 14 heavy (non-hydrogen) atoms. The van der Waals surface area contributed by atoms with Crippen LogP contribution in [-0.4, -0.2) is 12.5 Å². The Morgan fingerprint density at radius 1 is 1.71 bits per heavy atom. The molecule has 1 atom stereocenters. The summed E-state index contributed by atoms with van der Waals surface area (Å²) >= 11 is 5.84. The first-order valence-corrected chi connectivity index (χ1v) is 6.14. The summed E-state index contributed by atoms with van der Waals surface area (Å²) in [6.45, 7) is 2.85. The van der Waals surface area contributed by atoms with Crippen molar-refractivity contribution in [3.63, 3.8) is 0 Å². The summed E-state index contributed by atoms with van der Waals surface area (Å²) in [5, 5.41) is 4.51. The summed E-state index contributed by atoms with van der Waals surface area (Å²) < 4.78 is 0. The Kier molecular flexibility index (Phi) is 5.04. The summed E-state index contributed by atoms with van der Waals surface area (Å²) in [6.07, 6.45) is 2.12. The van der Waals surface area contributed by atoms with Gasteiger partial charge in [0.25, 0.3) is 0 Å². The Labute approximate surface area is 94.1 Å². The van der Waals surface area contributed by atoms with Crippen LogP contribution in [0.1, 0.15) is 29.9 Å². The van der Waals surface area contributed by atoms with E-state index in [0.717, 1.165) is 24.3 Å². The van der Waals surface area contributed by atoms with Gasteiger partial charge in [-0.2, -0.15) is 12.6 Å². The quantitative estimate of drug-likeness (QED) is 0.590. The van der Waals surface area contributed by atoms with Gasteiger partial charge in [-0.3, -0.25) is 4.79 Å². The van der Waals surface area contributed by atoms with Crippen LogP contribution in [0.15, 0.2) is 17.5 Å². The second-order valence-corrected chi connectivity index (χ2v) is 4.56. The highest BCUT2D eigenvalue weighted by Gasteiger charge is 2.15. The number of unbranched alkanes of at least 4 members (excludes halogenated alkanes) is 1. The zero-order chi connectivity index (χ0) is 10.4. The first kappa shape index (κ1) is 11.6. The molecule has 0 saturated carbocycles. The zero-order valence-corrected chi connectivity index (χ0v) is 9.91. The van der Waals surface area contributed by atoms with Crippen molar-refractivity contribution in [2.75, 3.05) is 6.54 Å². The molecule has 1 N–H and O–H groups in total. The number of carbonyl (C=O) groups is 1. The Morgan fingerprint density at radius 2 is 2.50 bits per heavy atom. The van der Waals surface area contributed by atoms with Crippen molar-refractivity contribution in [1.82, 2.24) is 5.32 Å². The van der Waals surface area contributed by atoms with Gasteiger partial charge >= 0.3 is 0 Å². The fourth-order valence-electron chi connectivity index (χ4n) is 1.06. The lowest BCUT2D eigenvalue weighted by Crippen LogP contribution is -2.27. The largest absolute Gasteiger partial charge is 0.355 e. The highest BCUT2D eigenvalue weighted by atomic mass is 32.1. The molecule has 0 aliphatic rings. The van der Waals surface area contributed by atoms with Crippen molar-refractivity contribution in [2.45, 2.75) is 25.0 Å². The van der Waals surface area contributed by atoms with Crippen LogP contribution in [0.3, 0.4) is 0 Å². The minimum absolute atomic E-state index is 0.00392. The Balaban J connectivity index is 2.37. The normalized spacial score (nSPS) is 12.4. The van der Waals surface area contributed by atoms with Gasteiger partial charge < -0.3 is 5.32 Å². The van der Waals surface area contributed by atoms with E-state index in [9.17, 15) is 4.79 Å². The maximum atomic E-state index is 11.5. The van der Waals surface area contributed by atoms with Gasteiger partial charge in [0.05, 0.1) is 0 Å². The number of amides is 1. The molecule has 0 bridgehead atoms. The van der Waals surface area contributed by atoms with E-state index in [0.29, 0.717) is 0 Å². The van der Waals surface area contributed by atoms with Gasteiger partial charge in [-0.1, -0.05) is 19.4 Å². The molecular weight excluding hydrogens is 214 g/mol. The van der Waals surface area contributed by atoms with Crippen LogP contribution in [0.2, 0.25) is 0 Å². The third kappa shape index (κ3) is 3.35. The minimum Gasteiger partial charge on any atom is -0.355 e. The second-order valence-electron chi connectivity index (χ2n) is 3.06. The van der Waals surface area contributed by atoms with Gasteiger partial charge in [0.2, 0.25) is 5.91 Å². The van der Waals surface area contributed by atoms with E-state index < -0.39 is 0 Å². The van der Waals surface area contributed by atoms with Crippen molar-refractivity contribution in [1.29, 1.82) is 0 Å². The molecule has 0 spiro atoms. The molecule has 78 valence electrons. The lowest BCUT2D eigenvalue weighted by Gasteiger charge is -2.09. The summed E-state index contributed by atoms with van der Waals surface area (Å²) in [7, 11) is 0. The molecule has 0 aliphatic heterocycles. The summed E-state index contributed by atoms with van der Waals surface area (Å²) in [5.41, 5.74) is 0. The van der Waals surface area contributed by atoms with Crippen LogP contribution in [0.4, 0.5) is 0 Å². The molecule has 1 amide bonds. The van der Waals surface area contributed by atoms with Crippen LogP contribution in [0.5, 0.6) is 0 Å². The molecule has 0 saturated heterocycles. The Hall–Kier alpha value is -0.480. The van der Waals surface area contributed by atoms with Crippen molar-refractivity contribution >= 4 is 29.9 Å². The minimum atomic E-state index is -0.313. The lowest BCUT2D eigenvalue weighted by molar-refractivity contribution is -0.120. The molecule has 4 heteroatoms. The number of hydrogen-bond donors (Lipinski definition) is 2. The number of hydrogen-bond acceptors (Lipinski definition) is 3. The van der Waals surface area contributed by atoms with Crippen LogP contribution in [0.25, 0.3) is 0 Å². The van der Waals surface area contributed by atoms with Gasteiger partial charge in [0.1, 0.15) is 5.25 Å². The molecule has 0 radical (unpaired) electrons. The van der Waals surface area contributed by atoms with Crippen LogP contribution in [-0.2, 0) is 4.79 Å². The number of thiophene rings is 1. The van der Waals surface area contributed by atoms with Crippen molar-refractivity contribution in [2.24, 2.45) is 0 Å². The van der Waals surface area contributed by atoms with Gasteiger partial charge in [-0.25, -0.2) is 0 Å². The van der Waals surface area contributed by atoms with E-state index in [1.165, 1.54) is 0 Å². The van der Waals surface area contributed by atoms with Crippen molar-refractivity contribution < 1.29 is 4.79 Å². The fraction of sp³-hybridized carbons (Fsp3) is 0.500. The van der Waals surface area contributed by atoms with E-state index in [4.69, 9.17) is 0 Å². The third-order valence-corrected chi connectivity index (χ3v) is 3.52. The van der Waals surface area contributed by atoms with E-state index >= 15 is 0 Å². The van der Waals surface area contributed by atoms with E-state index in [-0.39, 0.29) is 11.2 Å². The summed E-state index contributed by atoms with van der Waals surface area (Å²) in [6, 6.07) is 3.87. The fourth-order valence-corrected chi connectivity index (χ4v) is 2.13. The van der Waals surface area contributed by atoms with Crippen LogP contribution in [0, 0.1) is 0 Å². The number of nitrogens with one attached hydrogen (secondary N) is 1. The van der Waals surface area contributed by atoms with Gasteiger partial charge in [-0.15, -0.1) is 11.3 Å². The first-order chi connectivity index (χ1) is 6.75. The highest BCUT2D eigenvalue weighted by Crippen LogP contribution is 2.24. The number of rotatable bonds is 5. The Bertz CT molecular complexity index is 272. The van der Waals surface area contributed by atoms with Crippen molar-refractivity contribution in [3.8, 4) is 0 Å². The standard InChI is InChI=1S/C10H15NOS2/c1-2-3-6-11-10(12)9(13)8-5-4-7-14-8/h4-5,7,9,13H,2-3,6H2,1H3,(H,11,12). The average molecular weight is 229 g/mol. The molecule has 1 aromatic heterocycles. The second kappa shape index (κ2) is 6.09. The number of thiol groups is 1. The molecule has 0 aromatic carbocycles. The molecule has 2 nitrogen and oxygen atoms in total. The monoisotopic (exact) mass is 229 g/mol. The summed E-state index contributed by atoms with van der Waals surface area (Å²) in [5.74, 6) is 0.00392. The third-order valence-electron chi connectivity index (χ3n) is 1.89. The van der Waals surface area contributed by atoms with Gasteiger partial charge in [-0.05, 0) is 17.9 Å². The first-order valence-electron chi connectivity index (χ1n) is 4.75. The topological polar surface area (TPSA) is 29.1 Å². The predicted octanol–water partition coefficient (Wildman–Crippen LogP) is 2.64. The maximum Gasteiger partial charge on any atom is 0.238 e. The molecule has 1 heterocycles. The van der Waals surface area contributed by atoms with Gasteiger partial charge in [0, 0.05) is 11.4 Å². The van der Waals surface area contributed by atoms with Crippen LogP contribution < -0.4 is 5.32 Å².